The van der Waals surface area contributed by atoms with Crippen LogP contribution in [0.3, 0.4) is 0 Å². The lowest BCUT2D eigenvalue weighted by Gasteiger charge is -2.37. The zero-order chi connectivity index (χ0) is 22.9. The second-order valence-corrected chi connectivity index (χ2v) is 11.3. The van der Waals surface area contributed by atoms with E-state index in [0.717, 1.165) is 30.1 Å². The van der Waals surface area contributed by atoms with Crippen molar-refractivity contribution in [2.24, 2.45) is 11.8 Å². The Morgan fingerprint density at radius 1 is 1.12 bits per heavy atom. The SMILES string of the molecule is C[C@H](CO)N1C[C@H](C)[C@H](CN(C)CC2CC2)Oc2cc(-c3ccccc3)ccc2S1(=O)=O. The van der Waals surface area contributed by atoms with Crippen molar-refractivity contribution in [1.29, 1.82) is 0 Å². The highest BCUT2D eigenvalue weighted by Crippen LogP contribution is 2.37. The summed E-state index contributed by atoms with van der Waals surface area (Å²) in [6.45, 7) is 5.64. The molecule has 6 nitrogen and oxygen atoms in total. The van der Waals surface area contributed by atoms with Crippen LogP contribution < -0.4 is 4.74 Å². The first-order valence-electron chi connectivity index (χ1n) is 11.5. The average molecular weight is 459 g/mol. The summed E-state index contributed by atoms with van der Waals surface area (Å²) in [5, 5.41) is 9.78. The molecule has 1 N–H and O–H groups in total. The van der Waals surface area contributed by atoms with Gasteiger partial charge in [0.1, 0.15) is 16.7 Å². The lowest BCUT2D eigenvalue weighted by molar-refractivity contribution is 0.0741. The van der Waals surface area contributed by atoms with Gasteiger partial charge in [-0.05, 0) is 56.0 Å². The van der Waals surface area contributed by atoms with Crippen LogP contribution in [0.5, 0.6) is 5.75 Å². The predicted molar refractivity (Wildman–Crippen MR) is 126 cm³/mol. The number of aliphatic hydroxyl groups excluding tert-OH is 1. The maximum absolute atomic E-state index is 13.6. The van der Waals surface area contributed by atoms with Gasteiger partial charge in [-0.2, -0.15) is 4.31 Å². The Bertz CT molecular complexity index is 1020. The molecule has 3 atom stereocenters. The van der Waals surface area contributed by atoms with Gasteiger partial charge in [0.2, 0.25) is 10.0 Å². The molecule has 1 heterocycles. The highest BCUT2D eigenvalue weighted by molar-refractivity contribution is 7.89. The van der Waals surface area contributed by atoms with Crippen molar-refractivity contribution in [2.75, 3.05) is 33.3 Å². The summed E-state index contributed by atoms with van der Waals surface area (Å²) >= 11 is 0. The minimum absolute atomic E-state index is 0.0334. The Labute approximate surface area is 191 Å². The maximum atomic E-state index is 13.6. The van der Waals surface area contributed by atoms with Gasteiger partial charge in [0, 0.05) is 31.6 Å². The lowest BCUT2D eigenvalue weighted by Crippen LogP contribution is -2.49. The van der Waals surface area contributed by atoms with E-state index < -0.39 is 16.1 Å². The second-order valence-electron chi connectivity index (χ2n) is 9.43. The smallest absolute Gasteiger partial charge is 0.247 e. The third kappa shape index (κ3) is 5.01. The number of hydrogen-bond donors (Lipinski definition) is 1. The normalized spacial score (nSPS) is 24.3. The minimum Gasteiger partial charge on any atom is -0.487 e. The van der Waals surface area contributed by atoms with Crippen LogP contribution in [0.2, 0.25) is 0 Å². The zero-order valence-corrected chi connectivity index (χ0v) is 20.0. The number of aliphatic hydroxyl groups is 1. The van der Waals surface area contributed by atoms with E-state index in [-0.39, 0.29) is 23.5 Å². The molecule has 174 valence electrons. The first-order valence-corrected chi connectivity index (χ1v) is 12.9. The molecule has 0 unspecified atom stereocenters. The van der Waals surface area contributed by atoms with Crippen LogP contribution in [0.15, 0.2) is 53.4 Å². The number of fused-ring (bicyclic) bond motifs is 1. The summed E-state index contributed by atoms with van der Waals surface area (Å²) in [4.78, 5) is 2.47. The van der Waals surface area contributed by atoms with Crippen LogP contribution in [0.25, 0.3) is 11.1 Å². The van der Waals surface area contributed by atoms with Gasteiger partial charge < -0.3 is 14.7 Å². The third-order valence-electron chi connectivity index (χ3n) is 6.53. The first-order chi connectivity index (χ1) is 15.3. The fourth-order valence-corrected chi connectivity index (χ4v) is 6.20. The Morgan fingerprint density at radius 3 is 2.50 bits per heavy atom. The number of hydrogen-bond acceptors (Lipinski definition) is 5. The summed E-state index contributed by atoms with van der Waals surface area (Å²) in [6.07, 6.45) is 2.41. The van der Waals surface area contributed by atoms with Gasteiger partial charge in [-0.25, -0.2) is 8.42 Å². The first kappa shape index (κ1) is 23.2. The van der Waals surface area contributed by atoms with Crippen LogP contribution in [-0.2, 0) is 10.0 Å². The van der Waals surface area contributed by atoms with Gasteiger partial charge >= 0.3 is 0 Å². The van der Waals surface area contributed by atoms with E-state index in [0.29, 0.717) is 12.3 Å². The van der Waals surface area contributed by atoms with Crippen molar-refractivity contribution in [1.82, 2.24) is 9.21 Å². The molecular formula is C25H34N2O4S. The fourth-order valence-electron chi connectivity index (χ4n) is 4.38. The van der Waals surface area contributed by atoms with Crippen LogP contribution in [0.4, 0.5) is 0 Å². The molecule has 32 heavy (non-hydrogen) atoms. The van der Waals surface area contributed by atoms with Gasteiger partial charge in [0.15, 0.2) is 0 Å². The summed E-state index contributed by atoms with van der Waals surface area (Å²) in [7, 11) is -1.70. The average Bonchev–Trinajstić information content (AvgIpc) is 3.59. The number of rotatable bonds is 7. The van der Waals surface area contributed by atoms with Gasteiger partial charge in [0.25, 0.3) is 0 Å². The van der Waals surface area contributed by atoms with E-state index in [1.165, 1.54) is 17.1 Å². The van der Waals surface area contributed by atoms with Gasteiger partial charge in [-0.15, -0.1) is 0 Å². The van der Waals surface area contributed by atoms with E-state index in [9.17, 15) is 13.5 Å². The molecule has 2 aliphatic rings. The van der Waals surface area contributed by atoms with Crippen molar-refractivity contribution in [3.63, 3.8) is 0 Å². The molecule has 1 fully saturated rings. The van der Waals surface area contributed by atoms with E-state index >= 15 is 0 Å². The van der Waals surface area contributed by atoms with Crippen molar-refractivity contribution in [3.05, 3.63) is 48.5 Å². The highest BCUT2D eigenvalue weighted by Gasteiger charge is 2.38. The largest absolute Gasteiger partial charge is 0.487 e. The molecule has 0 bridgehead atoms. The number of likely N-dealkylation sites (N-methyl/N-ethyl adjacent to an activating group) is 1. The quantitative estimate of drug-likeness (QED) is 0.688. The molecule has 0 saturated heterocycles. The molecule has 7 heteroatoms. The summed E-state index contributed by atoms with van der Waals surface area (Å²) < 4.78 is 35.1. The molecule has 0 radical (unpaired) electrons. The summed E-state index contributed by atoms with van der Waals surface area (Å²) in [5.41, 5.74) is 1.93. The predicted octanol–water partition coefficient (Wildman–Crippen LogP) is 3.46. The van der Waals surface area contributed by atoms with E-state index in [1.807, 2.05) is 49.4 Å². The summed E-state index contributed by atoms with van der Waals surface area (Å²) in [5.74, 6) is 1.12. The number of ether oxygens (including phenoxy) is 1. The molecule has 1 aliphatic heterocycles. The molecule has 0 spiro atoms. The Balaban J connectivity index is 1.74. The monoisotopic (exact) mass is 458 g/mol. The van der Waals surface area contributed by atoms with Gasteiger partial charge in [0.05, 0.1) is 6.61 Å². The molecule has 1 saturated carbocycles. The zero-order valence-electron chi connectivity index (χ0n) is 19.1. The van der Waals surface area contributed by atoms with Crippen LogP contribution in [0, 0.1) is 11.8 Å². The number of nitrogens with zero attached hydrogens (tertiary/aromatic N) is 2. The number of benzene rings is 2. The van der Waals surface area contributed by atoms with Gasteiger partial charge in [-0.1, -0.05) is 43.3 Å². The van der Waals surface area contributed by atoms with Crippen molar-refractivity contribution < 1.29 is 18.3 Å². The molecule has 2 aromatic carbocycles. The van der Waals surface area contributed by atoms with E-state index in [1.54, 1.807) is 13.0 Å². The third-order valence-corrected chi connectivity index (χ3v) is 8.55. The van der Waals surface area contributed by atoms with Crippen molar-refractivity contribution in [3.8, 4) is 16.9 Å². The number of sulfonamides is 1. The Morgan fingerprint density at radius 2 is 1.84 bits per heavy atom. The molecule has 2 aromatic rings. The topological polar surface area (TPSA) is 70.1 Å². The summed E-state index contributed by atoms with van der Waals surface area (Å²) in [6, 6.07) is 14.7. The Hall–Kier alpha value is -1.93. The lowest BCUT2D eigenvalue weighted by atomic mass is 10.0. The van der Waals surface area contributed by atoms with Crippen LogP contribution >= 0.6 is 0 Å². The van der Waals surface area contributed by atoms with Crippen molar-refractivity contribution in [2.45, 2.75) is 43.7 Å². The molecule has 0 amide bonds. The molecular weight excluding hydrogens is 424 g/mol. The maximum Gasteiger partial charge on any atom is 0.247 e. The molecule has 0 aromatic heterocycles. The standard InChI is InChI=1S/C25H34N2O4S/c1-18-14-27(19(2)17-28)32(29,30)25-12-11-22(21-7-5-4-6-8-21)13-23(25)31-24(18)16-26(3)15-20-9-10-20/h4-8,11-13,18-20,24,28H,9-10,14-17H2,1-3H3/t18-,19+,24-/m0/s1. The van der Waals surface area contributed by atoms with E-state index in [2.05, 4.69) is 11.9 Å². The highest BCUT2D eigenvalue weighted by atomic mass is 32.2. The van der Waals surface area contributed by atoms with Crippen LogP contribution in [0.1, 0.15) is 26.7 Å². The Kier molecular flexibility index (Phi) is 6.91. The van der Waals surface area contributed by atoms with Gasteiger partial charge in [-0.3, -0.25) is 0 Å². The molecule has 4 rings (SSSR count). The minimum atomic E-state index is -3.81. The van der Waals surface area contributed by atoms with Crippen LogP contribution in [-0.4, -0.2) is 68.2 Å². The van der Waals surface area contributed by atoms with Crippen molar-refractivity contribution >= 4 is 10.0 Å². The second kappa shape index (κ2) is 9.51. The fraction of sp³-hybridized carbons (Fsp3) is 0.520. The van der Waals surface area contributed by atoms with E-state index in [4.69, 9.17) is 4.74 Å². The molecule has 1 aliphatic carbocycles.